The summed E-state index contributed by atoms with van der Waals surface area (Å²) in [7, 11) is 0. The number of aromatic amines is 1. The summed E-state index contributed by atoms with van der Waals surface area (Å²) in [4.78, 5) is 47.4. The molecule has 1 aliphatic heterocycles. The van der Waals surface area contributed by atoms with Crippen molar-refractivity contribution < 1.29 is 14.3 Å². The van der Waals surface area contributed by atoms with E-state index in [0.717, 1.165) is 11.3 Å². The van der Waals surface area contributed by atoms with Crippen LogP contribution in [0.1, 0.15) is 22.8 Å². The molecule has 0 saturated carbocycles. The third-order valence-corrected chi connectivity index (χ3v) is 4.73. The number of aromatic nitrogens is 3. The van der Waals surface area contributed by atoms with Gasteiger partial charge < -0.3 is 31.0 Å². The molecule has 1 aliphatic rings. The number of rotatable bonds is 5. The molecule has 32 heavy (non-hydrogen) atoms. The lowest BCUT2D eigenvalue weighted by Crippen LogP contribution is -2.25. The van der Waals surface area contributed by atoms with E-state index >= 15 is 0 Å². The summed E-state index contributed by atoms with van der Waals surface area (Å²) in [6.45, 7) is 4.45. The van der Waals surface area contributed by atoms with Gasteiger partial charge in [-0.15, -0.1) is 0 Å². The van der Waals surface area contributed by atoms with Crippen LogP contribution in [0.5, 0.6) is 5.88 Å². The number of nitrogens with one attached hydrogen (secondary N) is 5. The van der Waals surface area contributed by atoms with Gasteiger partial charge >= 0.3 is 0 Å². The summed E-state index contributed by atoms with van der Waals surface area (Å²) in [5, 5.41) is 11.6. The molecule has 0 radical (unpaired) electrons. The third-order valence-electron chi connectivity index (χ3n) is 4.73. The standard InChI is InChI=1S/C21H21N7O4/c1-11-15(10-25-21-18(11)22-7-8-32-21)28-14-5-6-23-19(30)17(14)20(31)27-13-3-4-16(24-9-13)26-12(2)29/h3-6,9-10,22H,7-8H2,1-2H3,(H,27,31)(H2,23,28,30)(H,24,26,29). The predicted molar refractivity (Wildman–Crippen MR) is 120 cm³/mol. The summed E-state index contributed by atoms with van der Waals surface area (Å²) in [5.74, 6) is -0.00947. The van der Waals surface area contributed by atoms with Gasteiger partial charge in [0.1, 0.15) is 23.7 Å². The number of ether oxygens (including phenoxy) is 1. The summed E-state index contributed by atoms with van der Waals surface area (Å²) in [6, 6.07) is 4.71. The number of carbonyl (C=O) groups is 2. The van der Waals surface area contributed by atoms with E-state index in [9.17, 15) is 14.4 Å². The highest BCUT2D eigenvalue weighted by atomic mass is 16.5. The number of fused-ring (bicyclic) bond motifs is 1. The number of hydrogen-bond acceptors (Lipinski definition) is 8. The van der Waals surface area contributed by atoms with Crippen LogP contribution in [0.3, 0.4) is 0 Å². The highest BCUT2D eigenvalue weighted by Crippen LogP contribution is 2.34. The predicted octanol–water partition coefficient (Wildman–Crippen LogP) is 2.23. The lowest BCUT2D eigenvalue weighted by atomic mass is 10.1. The zero-order valence-electron chi connectivity index (χ0n) is 17.4. The normalized spacial score (nSPS) is 12.1. The van der Waals surface area contributed by atoms with E-state index in [1.54, 1.807) is 24.4 Å². The zero-order valence-corrected chi connectivity index (χ0v) is 17.4. The van der Waals surface area contributed by atoms with Gasteiger partial charge in [0.05, 0.1) is 29.5 Å². The second-order valence-corrected chi connectivity index (χ2v) is 7.04. The Bertz CT molecular complexity index is 1240. The van der Waals surface area contributed by atoms with Crippen LogP contribution in [0.4, 0.5) is 28.6 Å². The van der Waals surface area contributed by atoms with Crippen molar-refractivity contribution in [2.75, 3.05) is 34.4 Å². The summed E-state index contributed by atoms with van der Waals surface area (Å²) >= 11 is 0. The topological polar surface area (TPSA) is 150 Å². The molecule has 2 amide bonds. The van der Waals surface area contributed by atoms with Gasteiger partial charge in [0.25, 0.3) is 11.5 Å². The van der Waals surface area contributed by atoms with Gasteiger partial charge in [-0.1, -0.05) is 0 Å². The van der Waals surface area contributed by atoms with E-state index in [4.69, 9.17) is 4.74 Å². The van der Waals surface area contributed by atoms with Gasteiger partial charge in [0.15, 0.2) is 0 Å². The van der Waals surface area contributed by atoms with Crippen molar-refractivity contribution in [2.24, 2.45) is 0 Å². The first-order valence-electron chi connectivity index (χ1n) is 9.82. The highest BCUT2D eigenvalue weighted by Gasteiger charge is 2.20. The Balaban J connectivity index is 1.59. The van der Waals surface area contributed by atoms with E-state index in [1.807, 2.05) is 6.92 Å². The monoisotopic (exact) mass is 435 g/mol. The van der Waals surface area contributed by atoms with Crippen LogP contribution < -0.4 is 31.6 Å². The molecule has 3 aromatic heterocycles. The van der Waals surface area contributed by atoms with Crippen molar-refractivity contribution >= 4 is 40.4 Å². The SMILES string of the molecule is CC(=O)Nc1ccc(NC(=O)c2c(Nc3cnc4c(c3C)NCCO4)cc[nH]c2=O)cn1. The molecular weight excluding hydrogens is 414 g/mol. The van der Waals surface area contributed by atoms with Crippen LogP contribution in [-0.4, -0.2) is 39.9 Å². The number of pyridine rings is 3. The smallest absolute Gasteiger partial charge is 0.263 e. The Morgan fingerprint density at radius 1 is 1.09 bits per heavy atom. The van der Waals surface area contributed by atoms with Crippen molar-refractivity contribution in [1.29, 1.82) is 0 Å². The molecule has 5 N–H and O–H groups in total. The minimum absolute atomic E-state index is 0.0974. The van der Waals surface area contributed by atoms with Crippen LogP contribution in [0.2, 0.25) is 0 Å². The Labute approximate surface area is 182 Å². The first kappa shape index (κ1) is 20.8. The number of anilines is 5. The largest absolute Gasteiger partial charge is 0.474 e. The molecule has 0 saturated heterocycles. The number of carbonyl (C=O) groups excluding carboxylic acids is 2. The van der Waals surface area contributed by atoms with Crippen LogP contribution in [0.25, 0.3) is 0 Å². The van der Waals surface area contributed by atoms with Crippen LogP contribution >= 0.6 is 0 Å². The first-order valence-corrected chi connectivity index (χ1v) is 9.82. The minimum atomic E-state index is -0.617. The molecule has 11 nitrogen and oxygen atoms in total. The molecule has 0 aliphatic carbocycles. The number of hydrogen-bond donors (Lipinski definition) is 5. The van der Waals surface area contributed by atoms with Gasteiger partial charge in [-0.3, -0.25) is 14.4 Å². The zero-order chi connectivity index (χ0) is 22.7. The fourth-order valence-corrected chi connectivity index (χ4v) is 3.22. The summed E-state index contributed by atoms with van der Waals surface area (Å²) < 4.78 is 5.54. The molecule has 4 rings (SSSR count). The molecule has 0 fully saturated rings. The fraction of sp³-hybridized carbons (Fsp3) is 0.190. The minimum Gasteiger partial charge on any atom is -0.474 e. The lowest BCUT2D eigenvalue weighted by Gasteiger charge is -2.22. The van der Waals surface area contributed by atoms with Crippen molar-refractivity contribution in [3.05, 3.63) is 58.3 Å². The molecule has 164 valence electrons. The maximum Gasteiger partial charge on any atom is 0.263 e. The first-order chi connectivity index (χ1) is 15.4. The Morgan fingerprint density at radius 2 is 1.94 bits per heavy atom. The average molecular weight is 435 g/mol. The van der Waals surface area contributed by atoms with Crippen LogP contribution in [0.15, 0.2) is 41.6 Å². The molecule has 0 bridgehead atoms. The second kappa shape index (κ2) is 8.76. The lowest BCUT2D eigenvalue weighted by molar-refractivity contribution is -0.114. The second-order valence-electron chi connectivity index (χ2n) is 7.04. The van der Waals surface area contributed by atoms with E-state index < -0.39 is 11.5 Å². The average Bonchev–Trinajstić information content (AvgIpc) is 2.77. The molecule has 4 heterocycles. The number of H-pyrrole nitrogens is 1. The fourth-order valence-electron chi connectivity index (χ4n) is 3.22. The highest BCUT2D eigenvalue weighted by molar-refractivity contribution is 6.08. The quantitative estimate of drug-likeness (QED) is 0.409. The van der Waals surface area contributed by atoms with E-state index in [-0.39, 0.29) is 11.5 Å². The van der Waals surface area contributed by atoms with Crippen molar-refractivity contribution in [1.82, 2.24) is 15.0 Å². The molecule has 3 aromatic rings. The van der Waals surface area contributed by atoms with Gasteiger partial charge in [0, 0.05) is 25.2 Å². The Morgan fingerprint density at radius 3 is 2.69 bits per heavy atom. The van der Waals surface area contributed by atoms with Gasteiger partial charge in [-0.2, -0.15) is 0 Å². The van der Waals surface area contributed by atoms with Gasteiger partial charge in [-0.25, -0.2) is 9.97 Å². The Kier molecular flexibility index (Phi) is 5.71. The molecule has 11 heteroatoms. The molecular formula is C21H21N7O4. The van der Waals surface area contributed by atoms with Crippen molar-refractivity contribution in [3.8, 4) is 5.88 Å². The van der Waals surface area contributed by atoms with Gasteiger partial charge in [0.2, 0.25) is 11.8 Å². The van der Waals surface area contributed by atoms with E-state index in [0.29, 0.717) is 41.9 Å². The molecule has 0 aromatic carbocycles. The summed E-state index contributed by atoms with van der Waals surface area (Å²) in [6.07, 6.45) is 4.43. The van der Waals surface area contributed by atoms with E-state index in [2.05, 4.69) is 36.2 Å². The van der Waals surface area contributed by atoms with Gasteiger partial charge in [-0.05, 0) is 25.1 Å². The number of nitrogens with zero attached hydrogens (tertiary/aromatic N) is 2. The number of amides is 2. The Hall–Kier alpha value is -4.41. The third kappa shape index (κ3) is 4.36. The van der Waals surface area contributed by atoms with Crippen molar-refractivity contribution in [3.63, 3.8) is 0 Å². The maximum absolute atomic E-state index is 12.9. The van der Waals surface area contributed by atoms with Crippen LogP contribution in [0, 0.1) is 6.92 Å². The van der Waals surface area contributed by atoms with Crippen molar-refractivity contribution in [2.45, 2.75) is 13.8 Å². The maximum atomic E-state index is 12.9. The van der Waals surface area contributed by atoms with E-state index in [1.165, 1.54) is 19.3 Å². The molecule has 0 spiro atoms. The molecule has 0 atom stereocenters. The summed E-state index contributed by atoms with van der Waals surface area (Å²) in [5.41, 5.74) is 2.27. The molecule has 0 unspecified atom stereocenters. The van der Waals surface area contributed by atoms with Crippen LogP contribution in [-0.2, 0) is 4.79 Å².